The Morgan fingerprint density at radius 3 is 2.81 bits per heavy atom. The predicted octanol–water partition coefficient (Wildman–Crippen LogP) is 3.43. The Morgan fingerprint density at radius 2 is 2.05 bits per heavy atom. The second kappa shape index (κ2) is 5.16. The monoisotopic (exact) mass is 365 g/mol. The van der Waals surface area contributed by atoms with Gasteiger partial charge in [-0.05, 0) is 36.8 Å². The molecule has 0 aliphatic rings. The third-order valence-electron chi connectivity index (χ3n) is 3.16. The van der Waals surface area contributed by atoms with Crippen molar-refractivity contribution in [2.45, 2.75) is 11.8 Å². The third kappa shape index (κ3) is 2.66. The summed E-state index contributed by atoms with van der Waals surface area (Å²) in [5.74, 6) is 0. The SMILES string of the molecule is Cc1cc(S(=O)(=O)Nc2cccc3cn[nH]c23)ccc1Br. The zero-order valence-electron chi connectivity index (χ0n) is 11.1. The van der Waals surface area contributed by atoms with Gasteiger partial charge in [-0.2, -0.15) is 5.10 Å². The van der Waals surface area contributed by atoms with E-state index in [0.717, 1.165) is 15.4 Å². The lowest BCUT2D eigenvalue weighted by molar-refractivity contribution is 0.601. The number of anilines is 1. The first kappa shape index (κ1) is 14.1. The van der Waals surface area contributed by atoms with Gasteiger partial charge in [-0.1, -0.05) is 28.1 Å². The highest BCUT2D eigenvalue weighted by Crippen LogP contribution is 2.25. The number of aryl methyl sites for hydroxylation is 1. The Hall–Kier alpha value is -1.86. The van der Waals surface area contributed by atoms with Crippen molar-refractivity contribution in [1.82, 2.24) is 10.2 Å². The number of rotatable bonds is 3. The van der Waals surface area contributed by atoms with E-state index in [1.54, 1.807) is 36.5 Å². The summed E-state index contributed by atoms with van der Waals surface area (Å²) in [6.45, 7) is 1.85. The lowest BCUT2D eigenvalue weighted by atomic mass is 10.2. The zero-order chi connectivity index (χ0) is 15.0. The van der Waals surface area contributed by atoms with Crippen molar-refractivity contribution in [2.75, 3.05) is 4.72 Å². The number of halogens is 1. The van der Waals surface area contributed by atoms with E-state index < -0.39 is 10.0 Å². The van der Waals surface area contributed by atoms with Gasteiger partial charge in [0.15, 0.2) is 0 Å². The predicted molar refractivity (Wildman–Crippen MR) is 85.8 cm³/mol. The van der Waals surface area contributed by atoms with E-state index in [4.69, 9.17) is 0 Å². The summed E-state index contributed by atoms with van der Waals surface area (Å²) in [4.78, 5) is 0.222. The Bertz CT molecular complexity index is 919. The molecule has 0 fully saturated rings. The average Bonchev–Trinajstić information content (AvgIpc) is 2.91. The molecule has 5 nitrogen and oxygen atoms in total. The molecule has 0 saturated carbocycles. The van der Waals surface area contributed by atoms with E-state index in [1.807, 2.05) is 13.0 Å². The van der Waals surface area contributed by atoms with Crippen molar-refractivity contribution < 1.29 is 8.42 Å². The average molecular weight is 366 g/mol. The lowest BCUT2D eigenvalue weighted by Gasteiger charge is -2.10. The van der Waals surface area contributed by atoms with Gasteiger partial charge in [-0.3, -0.25) is 9.82 Å². The van der Waals surface area contributed by atoms with Gasteiger partial charge in [-0.15, -0.1) is 0 Å². The van der Waals surface area contributed by atoms with Crippen molar-refractivity contribution >= 4 is 42.5 Å². The van der Waals surface area contributed by atoms with Crippen LogP contribution in [0.4, 0.5) is 5.69 Å². The molecular weight excluding hydrogens is 354 g/mol. The molecule has 0 atom stereocenters. The van der Waals surface area contributed by atoms with E-state index in [-0.39, 0.29) is 4.90 Å². The number of hydrogen-bond donors (Lipinski definition) is 2. The van der Waals surface area contributed by atoms with E-state index in [0.29, 0.717) is 11.2 Å². The van der Waals surface area contributed by atoms with E-state index >= 15 is 0 Å². The molecule has 3 rings (SSSR count). The van der Waals surface area contributed by atoms with Gasteiger partial charge < -0.3 is 0 Å². The summed E-state index contributed by atoms with van der Waals surface area (Å²) in [5.41, 5.74) is 2.00. The summed E-state index contributed by atoms with van der Waals surface area (Å²) in [5, 5.41) is 7.57. The molecule has 0 saturated heterocycles. The molecule has 1 heterocycles. The molecule has 21 heavy (non-hydrogen) atoms. The second-order valence-corrected chi connectivity index (χ2v) is 7.19. The third-order valence-corrected chi connectivity index (χ3v) is 5.41. The van der Waals surface area contributed by atoms with Gasteiger partial charge in [-0.25, -0.2) is 8.42 Å². The van der Waals surface area contributed by atoms with E-state index in [1.165, 1.54) is 0 Å². The molecule has 0 amide bonds. The maximum absolute atomic E-state index is 12.5. The number of nitrogens with one attached hydrogen (secondary N) is 2. The van der Waals surface area contributed by atoms with Gasteiger partial charge in [0.2, 0.25) is 0 Å². The zero-order valence-corrected chi connectivity index (χ0v) is 13.5. The molecule has 0 spiro atoms. The van der Waals surface area contributed by atoms with Crippen LogP contribution in [0.25, 0.3) is 10.9 Å². The first-order valence-electron chi connectivity index (χ1n) is 6.18. The number of aromatic amines is 1. The normalized spacial score (nSPS) is 11.7. The minimum atomic E-state index is -3.64. The maximum atomic E-state index is 12.5. The lowest BCUT2D eigenvalue weighted by Crippen LogP contribution is -2.13. The summed E-state index contributed by atoms with van der Waals surface area (Å²) < 4.78 is 28.4. The van der Waals surface area contributed by atoms with Crippen LogP contribution in [0.5, 0.6) is 0 Å². The van der Waals surface area contributed by atoms with Crippen LogP contribution in [-0.2, 0) is 10.0 Å². The molecular formula is C14H12BrN3O2S. The second-order valence-electron chi connectivity index (χ2n) is 4.66. The Labute approximate surface area is 130 Å². The molecule has 0 aliphatic heterocycles. The van der Waals surface area contributed by atoms with Crippen LogP contribution in [0.3, 0.4) is 0 Å². The standard InChI is InChI=1S/C14H12BrN3O2S/c1-9-7-11(5-6-12(9)15)21(19,20)18-13-4-2-3-10-8-16-17-14(10)13/h2-8,18H,1H3,(H,16,17). The highest BCUT2D eigenvalue weighted by molar-refractivity contribution is 9.10. The minimum absolute atomic E-state index is 0.222. The number of para-hydroxylation sites is 1. The molecule has 1 aromatic heterocycles. The largest absolute Gasteiger partial charge is 0.277 e. The number of fused-ring (bicyclic) bond motifs is 1. The number of aromatic nitrogens is 2. The molecule has 2 N–H and O–H groups in total. The van der Waals surface area contributed by atoms with Crippen LogP contribution >= 0.6 is 15.9 Å². The minimum Gasteiger partial charge on any atom is -0.277 e. The molecule has 0 bridgehead atoms. The number of hydrogen-bond acceptors (Lipinski definition) is 3. The quantitative estimate of drug-likeness (QED) is 0.746. The summed E-state index contributed by atoms with van der Waals surface area (Å²) in [6, 6.07) is 10.2. The Balaban J connectivity index is 2.03. The number of sulfonamides is 1. The Morgan fingerprint density at radius 1 is 1.24 bits per heavy atom. The van der Waals surface area contributed by atoms with Crippen LogP contribution in [0.1, 0.15) is 5.56 Å². The number of benzene rings is 2. The summed E-state index contributed by atoms with van der Waals surface area (Å²) in [7, 11) is -3.64. The molecule has 0 radical (unpaired) electrons. The summed E-state index contributed by atoms with van der Waals surface area (Å²) in [6.07, 6.45) is 1.65. The highest BCUT2D eigenvalue weighted by atomic mass is 79.9. The van der Waals surface area contributed by atoms with Crippen LogP contribution in [-0.4, -0.2) is 18.6 Å². The molecule has 0 aliphatic carbocycles. The van der Waals surface area contributed by atoms with E-state index in [9.17, 15) is 8.42 Å². The van der Waals surface area contributed by atoms with Gasteiger partial charge in [0.1, 0.15) is 0 Å². The topological polar surface area (TPSA) is 74.8 Å². The van der Waals surface area contributed by atoms with Crippen LogP contribution < -0.4 is 4.72 Å². The van der Waals surface area contributed by atoms with Crippen molar-refractivity contribution in [2.24, 2.45) is 0 Å². The first-order chi connectivity index (χ1) is 9.97. The summed E-state index contributed by atoms with van der Waals surface area (Å²) >= 11 is 3.36. The van der Waals surface area contributed by atoms with Crippen molar-refractivity contribution in [1.29, 1.82) is 0 Å². The van der Waals surface area contributed by atoms with Crippen molar-refractivity contribution in [3.8, 4) is 0 Å². The highest BCUT2D eigenvalue weighted by Gasteiger charge is 2.16. The van der Waals surface area contributed by atoms with Crippen LogP contribution in [0, 0.1) is 6.92 Å². The van der Waals surface area contributed by atoms with Crippen LogP contribution in [0.15, 0.2) is 52.0 Å². The van der Waals surface area contributed by atoms with Crippen LogP contribution in [0.2, 0.25) is 0 Å². The van der Waals surface area contributed by atoms with Gasteiger partial charge in [0, 0.05) is 9.86 Å². The van der Waals surface area contributed by atoms with Crippen molar-refractivity contribution in [3.63, 3.8) is 0 Å². The smallest absolute Gasteiger partial charge is 0.261 e. The fraction of sp³-hybridized carbons (Fsp3) is 0.0714. The first-order valence-corrected chi connectivity index (χ1v) is 8.46. The molecule has 2 aromatic carbocycles. The van der Waals surface area contributed by atoms with Gasteiger partial charge in [0.25, 0.3) is 10.0 Å². The van der Waals surface area contributed by atoms with E-state index in [2.05, 4.69) is 30.8 Å². The Kier molecular flexibility index (Phi) is 3.46. The van der Waals surface area contributed by atoms with Gasteiger partial charge in [0.05, 0.1) is 22.3 Å². The fourth-order valence-electron chi connectivity index (χ4n) is 2.04. The maximum Gasteiger partial charge on any atom is 0.261 e. The molecule has 7 heteroatoms. The number of nitrogens with zero attached hydrogens (tertiary/aromatic N) is 1. The van der Waals surface area contributed by atoms with Gasteiger partial charge >= 0.3 is 0 Å². The molecule has 108 valence electrons. The fourth-order valence-corrected chi connectivity index (χ4v) is 3.45. The van der Waals surface area contributed by atoms with Crippen molar-refractivity contribution in [3.05, 3.63) is 52.6 Å². The molecule has 0 unspecified atom stereocenters. The molecule has 3 aromatic rings. The number of H-pyrrole nitrogens is 1.